The van der Waals surface area contributed by atoms with Crippen LogP contribution >= 0.6 is 0 Å². The lowest BCUT2D eigenvalue weighted by Gasteiger charge is -2.16. The molecule has 1 fully saturated rings. The highest BCUT2D eigenvalue weighted by Gasteiger charge is 2.39. The van der Waals surface area contributed by atoms with Crippen molar-refractivity contribution < 1.29 is 14.3 Å². The molecule has 6 heteroatoms. The van der Waals surface area contributed by atoms with Crippen molar-refractivity contribution in [2.75, 3.05) is 18.6 Å². The zero-order valence-electron chi connectivity index (χ0n) is 16.0. The van der Waals surface area contributed by atoms with Crippen LogP contribution in [0.15, 0.2) is 48.7 Å². The van der Waals surface area contributed by atoms with E-state index in [0.717, 1.165) is 11.9 Å². The molecule has 0 unspecified atom stereocenters. The van der Waals surface area contributed by atoms with Gasteiger partial charge in [-0.25, -0.2) is 4.90 Å². The summed E-state index contributed by atoms with van der Waals surface area (Å²) >= 11 is 0. The van der Waals surface area contributed by atoms with Gasteiger partial charge < -0.3 is 15.0 Å². The topological polar surface area (TPSA) is 74.4 Å². The number of aromatic amines is 1. The maximum absolute atomic E-state index is 12.7. The van der Waals surface area contributed by atoms with Crippen molar-refractivity contribution in [1.82, 2.24) is 10.3 Å². The van der Waals surface area contributed by atoms with E-state index in [9.17, 15) is 9.59 Å². The number of hydrogen-bond donors (Lipinski definition) is 2. The highest BCUT2D eigenvalue weighted by molar-refractivity contribution is 6.22. The van der Waals surface area contributed by atoms with Gasteiger partial charge in [0.2, 0.25) is 5.91 Å². The van der Waals surface area contributed by atoms with Crippen molar-refractivity contribution in [1.29, 1.82) is 0 Å². The summed E-state index contributed by atoms with van der Waals surface area (Å²) < 4.78 is 5.13. The van der Waals surface area contributed by atoms with Crippen LogP contribution in [0.2, 0.25) is 0 Å². The number of aromatic nitrogens is 1. The number of amides is 2. The fraction of sp³-hybridized carbons (Fsp3) is 0.273. The molecule has 1 saturated heterocycles. The summed E-state index contributed by atoms with van der Waals surface area (Å²) in [5.41, 5.74) is 4.11. The molecule has 0 bridgehead atoms. The van der Waals surface area contributed by atoms with Gasteiger partial charge in [0, 0.05) is 23.6 Å². The first kappa shape index (κ1) is 18.3. The number of hydrogen-bond acceptors (Lipinski definition) is 4. The number of aryl methyl sites for hydroxylation is 1. The lowest BCUT2D eigenvalue weighted by Crippen LogP contribution is -2.39. The van der Waals surface area contributed by atoms with Gasteiger partial charge in [-0.2, -0.15) is 0 Å². The van der Waals surface area contributed by atoms with Crippen molar-refractivity contribution in [2.45, 2.75) is 25.8 Å². The minimum Gasteiger partial charge on any atom is -0.497 e. The molecule has 1 aliphatic rings. The van der Waals surface area contributed by atoms with Crippen LogP contribution in [0.3, 0.4) is 0 Å². The largest absolute Gasteiger partial charge is 0.497 e. The second kappa shape index (κ2) is 7.48. The summed E-state index contributed by atoms with van der Waals surface area (Å²) in [6, 6.07) is 12.8. The third-order valence-electron chi connectivity index (χ3n) is 5.19. The molecule has 144 valence electrons. The van der Waals surface area contributed by atoms with E-state index in [4.69, 9.17) is 4.74 Å². The number of methoxy groups -OCH3 is 1. The first-order chi connectivity index (χ1) is 13.6. The van der Waals surface area contributed by atoms with Gasteiger partial charge in [0.25, 0.3) is 5.91 Å². The molecule has 1 atom stereocenters. The van der Waals surface area contributed by atoms with Crippen molar-refractivity contribution in [3.63, 3.8) is 0 Å². The van der Waals surface area contributed by atoms with E-state index in [1.165, 1.54) is 21.4 Å². The molecule has 1 aromatic heterocycles. The zero-order valence-corrected chi connectivity index (χ0v) is 16.0. The number of nitrogens with zero attached hydrogens (tertiary/aromatic N) is 1. The van der Waals surface area contributed by atoms with Crippen LogP contribution in [0, 0.1) is 6.92 Å². The molecule has 2 aromatic carbocycles. The van der Waals surface area contributed by atoms with E-state index in [1.54, 1.807) is 31.4 Å². The van der Waals surface area contributed by atoms with Crippen molar-refractivity contribution in [3.8, 4) is 5.75 Å². The van der Waals surface area contributed by atoms with Crippen LogP contribution in [0.4, 0.5) is 5.69 Å². The Hall–Kier alpha value is -3.12. The molecule has 0 saturated carbocycles. The average Bonchev–Trinajstić information content (AvgIpc) is 3.22. The van der Waals surface area contributed by atoms with Crippen LogP contribution < -0.4 is 15.0 Å². The number of ether oxygens (including phenoxy) is 1. The highest BCUT2D eigenvalue weighted by atomic mass is 16.5. The minimum absolute atomic E-state index is 0.178. The number of imide groups is 1. The summed E-state index contributed by atoms with van der Waals surface area (Å²) in [5, 5.41) is 4.46. The number of benzene rings is 2. The van der Waals surface area contributed by atoms with Crippen molar-refractivity contribution in [2.24, 2.45) is 0 Å². The molecule has 6 nitrogen and oxygen atoms in total. The smallest absolute Gasteiger partial charge is 0.251 e. The third-order valence-corrected chi connectivity index (χ3v) is 5.19. The maximum Gasteiger partial charge on any atom is 0.251 e. The number of fused-ring (bicyclic) bond motifs is 1. The van der Waals surface area contributed by atoms with Crippen LogP contribution in [-0.4, -0.2) is 36.5 Å². The second-order valence-electron chi connectivity index (χ2n) is 7.09. The normalized spacial score (nSPS) is 16.9. The van der Waals surface area contributed by atoms with Gasteiger partial charge in [-0.1, -0.05) is 11.6 Å². The lowest BCUT2D eigenvalue weighted by molar-refractivity contribution is -0.121. The number of carbonyl (C=O) groups is 2. The molecule has 0 aliphatic carbocycles. The van der Waals surface area contributed by atoms with E-state index in [0.29, 0.717) is 18.0 Å². The maximum atomic E-state index is 12.7. The number of anilines is 1. The number of rotatable bonds is 6. The van der Waals surface area contributed by atoms with Gasteiger partial charge >= 0.3 is 0 Å². The molecule has 4 rings (SSSR count). The second-order valence-corrected chi connectivity index (χ2v) is 7.09. The molecule has 2 N–H and O–H groups in total. The highest BCUT2D eigenvalue weighted by Crippen LogP contribution is 2.25. The van der Waals surface area contributed by atoms with E-state index in [2.05, 4.69) is 35.4 Å². The Labute approximate surface area is 163 Å². The standard InChI is InChI=1S/C22H23N3O3/c1-14-3-8-19-18(11-14)15(13-24-19)9-10-23-20-12-21(26)25(22(20)27)16-4-6-17(28-2)7-5-16/h3-8,11,13,20,23-24H,9-10,12H2,1-2H3/t20-/m0/s1. The average molecular weight is 377 g/mol. The summed E-state index contributed by atoms with van der Waals surface area (Å²) in [6.07, 6.45) is 2.97. The van der Waals surface area contributed by atoms with E-state index in [-0.39, 0.29) is 18.2 Å². The molecule has 0 radical (unpaired) electrons. The number of nitrogens with one attached hydrogen (secondary N) is 2. The van der Waals surface area contributed by atoms with Gasteiger partial charge in [-0.3, -0.25) is 9.59 Å². The summed E-state index contributed by atoms with van der Waals surface area (Å²) in [7, 11) is 1.58. The van der Waals surface area contributed by atoms with Crippen molar-refractivity contribution >= 4 is 28.4 Å². The number of carbonyl (C=O) groups excluding carboxylic acids is 2. The Morgan fingerprint density at radius 1 is 1.18 bits per heavy atom. The van der Waals surface area contributed by atoms with Gasteiger partial charge in [0.05, 0.1) is 25.3 Å². The number of H-pyrrole nitrogens is 1. The summed E-state index contributed by atoms with van der Waals surface area (Å²) in [5.74, 6) is 0.298. The predicted molar refractivity (Wildman–Crippen MR) is 109 cm³/mol. The molecule has 2 amide bonds. The van der Waals surface area contributed by atoms with E-state index < -0.39 is 6.04 Å². The quantitative estimate of drug-likeness (QED) is 0.648. The fourth-order valence-corrected chi connectivity index (χ4v) is 3.67. The van der Waals surface area contributed by atoms with Crippen LogP contribution in [0.5, 0.6) is 5.75 Å². The van der Waals surface area contributed by atoms with Crippen LogP contribution in [0.25, 0.3) is 10.9 Å². The van der Waals surface area contributed by atoms with E-state index >= 15 is 0 Å². The third kappa shape index (κ3) is 3.39. The van der Waals surface area contributed by atoms with Crippen molar-refractivity contribution in [3.05, 3.63) is 59.8 Å². The van der Waals surface area contributed by atoms with E-state index in [1.807, 2.05) is 6.20 Å². The Morgan fingerprint density at radius 3 is 2.71 bits per heavy atom. The SMILES string of the molecule is COc1ccc(N2C(=O)C[C@H](NCCc3c[nH]c4ccc(C)cc34)C2=O)cc1. The first-order valence-electron chi connectivity index (χ1n) is 9.37. The molecule has 28 heavy (non-hydrogen) atoms. The van der Waals surface area contributed by atoms with Crippen LogP contribution in [-0.2, 0) is 16.0 Å². The molecular formula is C22H23N3O3. The van der Waals surface area contributed by atoms with Gasteiger partial charge in [-0.15, -0.1) is 0 Å². The zero-order chi connectivity index (χ0) is 19.7. The van der Waals surface area contributed by atoms with Gasteiger partial charge in [-0.05, 0) is 55.3 Å². The van der Waals surface area contributed by atoms with Gasteiger partial charge in [0.1, 0.15) is 5.75 Å². The minimum atomic E-state index is -0.485. The fourth-order valence-electron chi connectivity index (χ4n) is 3.67. The molecule has 0 spiro atoms. The Bertz CT molecular complexity index is 1020. The predicted octanol–water partition coefficient (Wildman–Crippen LogP) is 2.95. The van der Waals surface area contributed by atoms with Gasteiger partial charge in [0.15, 0.2) is 0 Å². The monoisotopic (exact) mass is 377 g/mol. The lowest BCUT2D eigenvalue weighted by atomic mass is 10.1. The Balaban J connectivity index is 1.40. The molecule has 2 heterocycles. The summed E-state index contributed by atoms with van der Waals surface area (Å²) in [4.78, 5) is 29.6. The Morgan fingerprint density at radius 2 is 1.96 bits per heavy atom. The molecular weight excluding hydrogens is 354 g/mol. The molecule has 3 aromatic rings. The summed E-state index contributed by atoms with van der Waals surface area (Å²) in [6.45, 7) is 2.70. The first-order valence-corrected chi connectivity index (χ1v) is 9.37. The Kier molecular flexibility index (Phi) is 4.88. The van der Waals surface area contributed by atoms with Crippen LogP contribution in [0.1, 0.15) is 17.5 Å². The molecule has 1 aliphatic heterocycles.